The number of carbonyl (C=O) groups excluding carboxylic acids is 2. The van der Waals surface area contributed by atoms with Crippen LogP contribution in [-0.4, -0.2) is 18.3 Å². The second-order valence-electron chi connectivity index (χ2n) is 4.18. The Labute approximate surface area is 87.1 Å². The Bertz CT molecular complexity index is 326. The van der Waals surface area contributed by atoms with Gasteiger partial charge in [0.1, 0.15) is 0 Å². The summed E-state index contributed by atoms with van der Waals surface area (Å²) < 4.78 is 4.49. The molecular weight excluding hydrogens is 204 g/mol. The maximum atomic E-state index is 10.8. The average molecular weight is 215 g/mol. The molecule has 0 unspecified atom stereocenters. The Morgan fingerprint density at radius 2 is 2.14 bits per heavy atom. The van der Waals surface area contributed by atoms with Gasteiger partial charge in [0.2, 0.25) is 5.24 Å². The fraction of sp³-hybridized carbons (Fsp3) is 0.600. The molecule has 3 nitrogen and oxygen atoms in total. The van der Waals surface area contributed by atoms with Crippen molar-refractivity contribution in [2.45, 2.75) is 19.3 Å². The SMILES string of the molecule is COC(=O)/C=C/C12CC1(CC(=O)Cl)C2. The van der Waals surface area contributed by atoms with Crippen LogP contribution in [0, 0.1) is 10.8 Å². The highest BCUT2D eigenvalue weighted by molar-refractivity contribution is 6.63. The van der Waals surface area contributed by atoms with Gasteiger partial charge in [0.25, 0.3) is 0 Å². The second-order valence-corrected chi connectivity index (χ2v) is 4.60. The molecule has 0 N–H and O–H groups in total. The Balaban J connectivity index is 1.90. The first-order chi connectivity index (χ1) is 6.54. The van der Waals surface area contributed by atoms with Gasteiger partial charge in [-0.1, -0.05) is 6.08 Å². The van der Waals surface area contributed by atoms with Crippen LogP contribution in [-0.2, 0) is 14.3 Å². The summed E-state index contributed by atoms with van der Waals surface area (Å²) in [5.74, 6) is -0.343. The minimum absolute atomic E-state index is 0.0890. The number of rotatable bonds is 4. The van der Waals surface area contributed by atoms with Gasteiger partial charge in [0, 0.05) is 12.5 Å². The third-order valence-electron chi connectivity index (χ3n) is 3.33. The monoisotopic (exact) mass is 214 g/mol. The highest BCUT2D eigenvalue weighted by Crippen LogP contribution is 2.88. The molecule has 0 atom stereocenters. The quantitative estimate of drug-likeness (QED) is 0.406. The zero-order chi connectivity index (χ0) is 10.4. The molecule has 0 saturated heterocycles. The van der Waals surface area contributed by atoms with Gasteiger partial charge in [0.15, 0.2) is 0 Å². The highest BCUT2D eigenvalue weighted by atomic mass is 35.5. The van der Waals surface area contributed by atoms with Crippen LogP contribution < -0.4 is 0 Å². The highest BCUT2D eigenvalue weighted by Gasteiger charge is 2.81. The van der Waals surface area contributed by atoms with E-state index in [2.05, 4.69) is 4.74 Å². The van der Waals surface area contributed by atoms with E-state index < -0.39 is 0 Å². The summed E-state index contributed by atoms with van der Waals surface area (Å²) in [7, 11) is 1.35. The summed E-state index contributed by atoms with van der Waals surface area (Å²) in [6.07, 6.45) is 5.68. The Morgan fingerprint density at radius 1 is 1.50 bits per heavy atom. The zero-order valence-electron chi connectivity index (χ0n) is 7.88. The van der Waals surface area contributed by atoms with Crippen molar-refractivity contribution in [3.8, 4) is 0 Å². The summed E-state index contributed by atoms with van der Waals surface area (Å²) in [5, 5.41) is -0.282. The van der Waals surface area contributed by atoms with Crippen molar-refractivity contribution in [3.05, 3.63) is 12.2 Å². The molecule has 0 radical (unpaired) electrons. The molecule has 0 heterocycles. The fourth-order valence-corrected chi connectivity index (χ4v) is 2.48. The Hall–Kier alpha value is -0.830. The summed E-state index contributed by atoms with van der Waals surface area (Å²) in [6.45, 7) is 0. The fourth-order valence-electron chi connectivity index (χ4n) is 2.22. The first-order valence-corrected chi connectivity index (χ1v) is 4.87. The number of carbonyl (C=O) groups is 2. The van der Waals surface area contributed by atoms with Gasteiger partial charge in [0.05, 0.1) is 7.11 Å². The minimum atomic E-state index is -0.343. The third-order valence-corrected chi connectivity index (χ3v) is 3.46. The lowest BCUT2D eigenvalue weighted by atomic mass is 10.1. The van der Waals surface area contributed by atoms with Crippen molar-refractivity contribution in [1.82, 2.24) is 0 Å². The lowest BCUT2D eigenvalue weighted by Crippen LogP contribution is -1.94. The predicted octanol–water partition coefficient (Wildman–Crippen LogP) is 1.65. The van der Waals surface area contributed by atoms with Crippen LogP contribution in [0.3, 0.4) is 0 Å². The number of fused-ring (bicyclic) bond motifs is 1. The van der Waals surface area contributed by atoms with Gasteiger partial charge in [-0.3, -0.25) is 4.79 Å². The maximum Gasteiger partial charge on any atom is 0.330 e. The van der Waals surface area contributed by atoms with Crippen molar-refractivity contribution in [1.29, 1.82) is 0 Å². The van der Waals surface area contributed by atoms with Gasteiger partial charge in [-0.05, 0) is 35.3 Å². The van der Waals surface area contributed by atoms with E-state index >= 15 is 0 Å². The molecule has 76 valence electrons. The third kappa shape index (κ3) is 1.36. The lowest BCUT2D eigenvalue weighted by Gasteiger charge is -1.93. The molecule has 0 bridgehead atoms. The number of hydrogen-bond donors (Lipinski definition) is 0. The number of ether oxygens (including phenoxy) is 1. The average Bonchev–Trinajstić information content (AvgIpc) is 2.85. The molecular formula is C10H11ClO3. The molecule has 0 spiro atoms. The van der Waals surface area contributed by atoms with Crippen molar-refractivity contribution in [3.63, 3.8) is 0 Å². The number of hydrogen-bond acceptors (Lipinski definition) is 3. The summed E-state index contributed by atoms with van der Waals surface area (Å²) in [5.41, 5.74) is 0.183. The van der Waals surface area contributed by atoms with E-state index in [0.717, 1.165) is 12.8 Å². The molecule has 2 aliphatic carbocycles. The van der Waals surface area contributed by atoms with E-state index in [1.165, 1.54) is 13.2 Å². The number of halogens is 1. The summed E-state index contributed by atoms with van der Waals surface area (Å²) in [4.78, 5) is 21.5. The van der Waals surface area contributed by atoms with Gasteiger partial charge < -0.3 is 4.74 Å². The smallest absolute Gasteiger partial charge is 0.330 e. The molecule has 0 amide bonds. The molecule has 14 heavy (non-hydrogen) atoms. The second kappa shape index (κ2) is 2.83. The van der Waals surface area contributed by atoms with Crippen LogP contribution in [0.5, 0.6) is 0 Å². The molecule has 2 rings (SSSR count). The summed E-state index contributed by atoms with van der Waals surface area (Å²) >= 11 is 5.33. The van der Waals surface area contributed by atoms with Gasteiger partial charge in [-0.15, -0.1) is 0 Å². The first-order valence-electron chi connectivity index (χ1n) is 4.49. The molecule has 0 aromatic heterocycles. The molecule has 2 fully saturated rings. The molecule has 4 heteroatoms. The Morgan fingerprint density at radius 3 is 2.64 bits per heavy atom. The topological polar surface area (TPSA) is 43.4 Å². The van der Waals surface area contributed by atoms with E-state index in [0.29, 0.717) is 6.42 Å². The predicted molar refractivity (Wildman–Crippen MR) is 50.7 cm³/mol. The van der Waals surface area contributed by atoms with E-state index in [9.17, 15) is 9.59 Å². The van der Waals surface area contributed by atoms with Crippen molar-refractivity contribution >= 4 is 22.8 Å². The van der Waals surface area contributed by atoms with Crippen molar-refractivity contribution < 1.29 is 14.3 Å². The van der Waals surface area contributed by atoms with Crippen LogP contribution in [0.25, 0.3) is 0 Å². The number of allylic oxidation sites excluding steroid dienone is 1. The lowest BCUT2D eigenvalue weighted by molar-refractivity contribution is -0.134. The van der Waals surface area contributed by atoms with Crippen LogP contribution in [0.2, 0.25) is 0 Å². The van der Waals surface area contributed by atoms with Crippen LogP contribution >= 0.6 is 11.6 Å². The maximum absolute atomic E-state index is 10.8. The normalized spacial score (nSPS) is 37.9. The van der Waals surface area contributed by atoms with Crippen LogP contribution in [0.1, 0.15) is 19.3 Å². The van der Waals surface area contributed by atoms with Gasteiger partial charge >= 0.3 is 5.97 Å². The standard InChI is InChI=1S/C10H11ClO3/c1-14-8(13)2-3-9-5-10(9,6-9)4-7(11)12/h2-3H,4-6H2,1H3/b3-2+. The van der Waals surface area contributed by atoms with E-state index in [-0.39, 0.29) is 22.0 Å². The molecule has 0 aromatic rings. The van der Waals surface area contributed by atoms with E-state index in [1.807, 2.05) is 6.08 Å². The summed E-state index contributed by atoms with van der Waals surface area (Å²) in [6, 6.07) is 0. The van der Waals surface area contributed by atoms with Crippen LogP contribution in [0.4, 0.5) is 0 Å². The van der Waals surface area contributed by atoms with Gasteiger partial charge in [-0.25, -0.2) is 4.79 Å². The number of methoxy groups -OCH3 is 1. The largest absolute Gasteiger partial charge is 0.466 e. The molecule has 0 aliphatic heterocycles. The molecule has 2 saturated carbocycles. The Kier molecular flexibility index (Phi) is 1.96. The zero-order valence-corrected chi connectivity index (χ0v) is 8.63. The van der Waals surface area contributed by atoms with E-state index in [4.69, 9.17) is 11.6 Å². The van der Waals surface area contributed by atoms with Crippen molar-refractivity contribution in [2.24, 2.45) is 10.8 Å². The van der Waals surface area contributed by atoms with E-state index in [1.54, 1.807) is 0 Å². The molecule has 0 aromatic carbocycles. The van der Waals surface area contributed by atoms with Crippen molar-refractivity contribution in [2.75, 3.05) is 7.11 Å². The minimum Gasteiger partial charge on any atom is -0.466 e. The van der Waals surface area contributed by atoms with Crippen LogP contribution in [0.15, 0.2) is 12.2 Å². The van der Waals surface area contributed by atoms with Gasteiger partial charge in [-0.2, -0.15) is 0 Å². The molecule has 2 aliphatic rings. The first kappa shape index (κ1) is 9.71. The number of esters is 1.